The molecule has 0 saturated carbocycles. The van der Waals surface area contributed by atoms with Gasteiger partial charge in [-0.3, -0.25) is 4.90 Å². The highest BCUT2D eigenvalue weighted by Gasteiger charge is 2.10. The zero-order chi connectivity index (χ0) is 21.2. The fraction of sp³-hybridized carbons (Fsp3) is 0.700. The Morgan fingerprint density at radius 3 is 2.68 bits per heavy atom. The van der Waals surface area contributed by atoms with Crippen LogP contribution in [-0.4, -0.2) is 76.5 Å². The van der Waals surface area contributed by atoms with Gasteiger partial charge in [0.1, 0.15) is 12.4 Å². The summed E-state index contributed by atoms with van der Waals surface area (Å²) in [6.45, 7) is 11.1. The topological polar surface area (TPSA) is 92.5 Å². The van der Waals surface area contributed by atoms with Crippen LogP contribution in [0.15, 0.2) is 11.2 Å². The Labute approximate surface area is 206 Å². The largest absolute Gasteiger partial charge is 0.379 e. The van der Waals surface area contributed by atoms with Crippen LogP contribution in [0.3, 0.4) is 0 Å². The number of morpholine rings is 1. The van der Waals surface area contributed by atoms with E-state index in [9.17, 15) is 0 Å². The molecule has 1 aliphatic rings. The molecule has 9 nitrogen and oxygen atoms in total. The maximum atomic E-state index is 5.42. The molecule has 2 aromatic rings. The van der Waals surface area contributed by atoms with Crippen molar-refractivity contribution in [2.45, 2.75) is 39.7 Å². The lowest BCUT2D eigenvalue weighted by molar-refractivity contribution is 0.0376. The number of ether oxygens (including phenoxy) is 1. The minimum Gasteiger partial charge on any atom is -0.379 e. The molecular formula is C20H35IN8OS. The Morgan fingerprint density at radius 2 is 2.00 bits per heavy atom. The van der Waals surface area contributed by atoms with E-state index in [1.54, 1.807) is 11.3 Å². The third kappa shape index (κ3) is 8.62. The number of nitrogens with zero attached hydrogens (tertiary/aromatic N) is 6. The SMILES string of the molecule is CCc1cnc(CCNC(=NCc2nnc(C)n2C)NCCCN2CCOCC2)s1.I. The lowest BCUT2D eigenvalue weighted by atomic mass is 10.3. The zero-order valence-electron chi connectivity index (χ0n) is 18.8. The molecule has 3 heterocycles. The van der Waals surface area contributed by atoms with Gasteiger partial charge in [0, 0.05) is 50.7 Å². The van der Waals surface area contributed by atoms with E-state index in [1.165, 1.54) is 4.88 Å². The lowest BCUT2D eigenvalue weighted by Gasteiger charge is -2.26. The summed E-state index contributed by atoms with van der Waals surface area (Å²) in [4.78, 5) is 13.0. The van der Waals surface area contributed by atoms with Crippen LogP contribution in [0.1, 0.15) is 34.9 Å². The number of rotatable bonds is 10. The molecular weight excluding hydrogens is 527 g/mol. The van der Waals surface area contributed by atoms with Crippen molar-refractivity contribution in [1.29, 1.82) is 0 Å². The summed E-state index contributed by atoms with van der Waals surface area (Å²) in [6, 6.07) is 0. The van der Waals surface area contributed by atoms with Crippen molar-refractivity contribution in [2.75, 3.05) is 45.9 Å². The standard InChI is InChI=1S/C20H34N8OS.HI/c1-4-17-14-23-19(30-17)6-8-22-20(24-15-18-26-25-16(2)27(18)3)21-7-5-9-28-10-12-29-13-11-28;/h14H,4-13,15H2,1-3H3,(H2,21,22,24);1H. The zero-order valence-corrected chi connectivity index (χ0v) is 21.9. The van der Waals surface area contributed by atoms with Gasteiger partial charge in [-0.05, 0) is 26.3 Å². The Bertz CT molecular complexity index is 803. The summed E-state index contributed by atoms with van der Waals surface area (Å²) in [5.41, 5.74) is 0. The van der Waals surface area contributed by atoms with E-state index in [2.05, 4.69) is 37.6 Å². The third-order valence-electron chi connectivity index (χ3n) is 5.19. The van der Waals surface area contributed by atoms with E-state index in [0.29, 0.717) is 6.54 Å². The number of hydrogen-bond acceptors (Lipinski definition) is 7. The Morgan fingerprint density at radius 1 is 1.23 bits per heavy atom. The lowest BCUT2D eigenvalue weighted by Crippen LogP contribution is -2.41. The first kappa shape index (κ1) is 25.9. The predicted molar refractivity (Wildman–Crippen MR) is 135 cm³/mol. The van der Waals surface area contributed by atoms with Crippen LogP contribution in [0.4, 0.5) is 0 Å². The molecule has 0 aliphatic carbocycles. The van der Waals surface area contributed by atoms with Crippen molar-refractivity contribution < 1.29 is 4.74 Å². The Hall–Kier alpha value is -1.31. The monoisotopic (exact) mass is 562 g/mol. The number of aryl methyl sites for hydroxylation is 2. The second-order valence-electron chi connectivity index (χ2n) is 7.37. The summed E-state index contributed by atoms with van der Waals surface area (Å²) in [7, 11) is 1.97. The van der Waals surface area contributed by atoms with Gasteiger partial charge in [-0.25, -0.2) is 9.98 Å². The molecule has 0 aromatic carbocycles. The molecule has 0 spiro atoms. The van der Waals surface area contributed by atoms with E-state index in [-0.39, 0.29) is 24.0 Å². The number of hydrogen-bond donors (Lipinski definition) is 2. The molecule has 1 saturated heterocycles. The van der Waals surface area contributed by atoms with Crippen molar-refractivity contribution in [3.8, 4) is 0 Å². The number of thiazole rings is 1. The van der Waals surface area contributed by atoms with Crippen LogP contribution in [-0.2, 0) is 31.2 Å². The van der Waals surface area contributed by atoms with Crippen LogP contribution in [0.5, 0.6) is 0 Å². The molecule has 3 rings (SSSR count). The minimum atomic E-state index is 0. The molecule has 31 heavy (non-hydrogen) atoms. The van der Waals surface area contributed by atoms with E-state index in [1.807, 2.05) is 24.7 Å². The van der Waals surface area contributed by atoms with E-state index < -0.39 is 0 Å². The van der Waals surface area contributed by atoms with Crippen LogP contribution in [0, 0.1) is 6.92 Å². The van der Waals surface area contributed by atoms with Gasteiger partial charge in [-0.15, -0.1) is 45.5 Å². The summed E-state index contributed by atoms with van der Waals surface area (Å²) in [6.07, 6.45) is 4.98. The minimum absolute atomic E-state index is 0. The highest BCUT2D eigenvalue weighted by atomic mass is 127. The Balaban J connectivity index is 0.00000341. The quantitative estimate of drug-likeness (QED) is 0.197. The molecule has 0 atom stereocenters. The normalized spacial score (nSPS) is 15.0. The van der Waals surface area contributed by atoms with Crippen molar-refractivity contribution in [1.82, 2.24) is 35.3 Å². The van der Waals surface area contributed by atoms with Crippen LogP contribution >= 0.6 is 35.3 Å². The summed E-state index contributed by atoms with van der Waals surface area (Å²) < 4.78 is 7.39. The molecule has 0 unspecified atom stereocenters. The number of nitrogens with one attached hydrogen (secondary N) is 2. The van der Waals surface area contributed by atoms with Crippen molar-refractivity contribution in [3.63, 3.8) is 0 Å². The van der Waals surface area contributed by atoms with Gasteiger partial charge in [0.25, 0.3) is 0 Å². The maximum Gasteiger partial charge on any atom is 0.191 e. The van der Waals surface area contributed by atoms with Crippen molar-refractivity contribution >= 4 is 41.3 Å². The van der Waals surface area contributed by atoms with Gasteiger partial charge in [-0.1, -0.05) is 6.92 Å². The molecule has 0 radical (unpaired) electrons. The number of guanidine groups is 1. The molecule has 1 aliphatic heterocycles. The fourth-order valence-electron chi connectivity index (χ4n) is 3.16. The predicted octanol–water partition coefficient (Wildman–Crippen LogP) is 1.76. The summed E-state index contributed by atoms with van der Waals surface area (Å²) in [5, 5.41) is 16.4. The Kier molecular flexibility index (Phi) is 11.7. The summed E-state index contributed by atoms with van der Waals surface area (Å²) in [5.74, 6) is 2.56. The first-order valence-electron chi connectivity index (χ1n) is 10.8. The van der Waals surface area contributed by atoms with Crippen LogP contribution < -0.4 is 10.6 Å². The highest BCUT2D eigenvalue weighted by molar-refractivity contribution is 14.0. The molecule has 174 valence electrons. The van der Waals surface area contributed by atoms with Gasteiger partial charge in [0.15, 0.2) is 11.8 Å². The van der Waals surface area contributed by atoms with Crippen molar-refractivity contribution in [2.24, 2.45) is 12.0 Å². The first-order chi connectivity index (χ1) is 14.7. The maximum absolute atomic E-state index is 5.42. The van der Waals surface area contributed by atoms with E-state index >= 15 is 0 Å². The third-order valence-corrected chi connectivity index (χ3v) is 6.39. The molecule has 2 N–H and O–H groups in total. The van der Waals surface area contributed by atoms with E-state index in [4.69, 9.17) is 9.73 Å². The molecule has 0 bridgehead atoms. The number of halogens is 1. The van der Waals surface area contributed by atoms with Gasteiger partial charge >= 0.3 is 0 Å². The fourth-order valence-corrected chi connectivity index (χ4v) is 4.02. The van der Waals surface area contributed by atoms with Gasteiger partial charge in [0.2, 0.25) is 0 Å². The average molecular weight is 563 g/mol. The van der Waals surface area contributed by atoms with Gasteiger partial charge < -0.3 is 19.9 Å². The second-order valence-corrected chi connectivity index (χ2v) is 8.57. The van der Waals surface area contributed by atoms with Gasteiger partial charge in [0.05, 0.1) is 18.2 Å². The van der Waals surface area contributed by atoms with Crippen LogP contribution in [0.25, 0.3) is 0 Å². The highest BCUT2D eigenvalue weighted by Crippen LogP contribution is 2.13. The van der Waals surface area contributed by atoms with Crippen molar-refractivity contribution in [3.05, 3.63) is 27.7 Å². The summed E-state index contributed by atoms with van der Waals surface area (Å²) >= 11 is 1.79. The second kappa shape index (κ2) is 14.0. The van der Waals surface area contributed by atoms with E-state index in [0.717, 1.165) is 87.8 Å². The molecule has 1 fully saturated rings. The average Bonchev–Trinajstić information content (AvgIpc) is 3.36. The molecule has 2 aromatic heterocycles. The number of aliphatic imine (C=N–C) groups is 1. The number of aromatic nitrogens is 4. The molecule has 11 heteroatoms. The first-order valence-corrected chi connectivity index (χ1v) is 11.6. The smallest absolute Gasteiger partial charge is 0.191 e. The molecule has 0 amide bonds. The van der Waals surface area contributed by atoms with Gasteiger partial charge in [-0.2, -0.15) is 0 Å². The van der Waals surface area contributed by atoms with Crippen LogP contribution in [0.2, 0.25) is 0 Å².